The predicted molar refractivity (Wildman–Crippen MR) is 108 cm³/mol. The lowest BCUT2D eigenvalue weighted by molar-refractivity contribution is -0.143. The molecule has 1 aromatic heterocycles. The third-order valence-corrected chi connectivity index (χ3v) is 7.49. The molecule has 1 spiro atoms. The largest absolute Gasteiger partial charge is 0.370 e. The Bertz CT molecular complexity index is 900. The highest BCUT2D eigenvalue weighted by Crippen LogP contribution is 2.46. The number of nitrogens with one attached hydrogen (secondary N) is 1. The van der Waals surface area contributed by atoms with Crippen molar-refractivity contribution in [3.05, 3.63) is 46.8 Å². The lowest BCUT2D eigenvalue weighted by atomic mass is 9.82. The van der Waals surface area contributed by atoms with E-state index >= 15 is 0 Å². The normalized spacial score (nSPS) is 23.5. The van der Waals surface area contributed by atoms with Crippen LogP contribution in [0, 0.1) is 0 Å². The molecule has 2 saturated heterocycles. The summed E-state index contributed by atoms with van der Waals surface area (Å²) in [5, 5.41) is 2.80. The second-order valence-corrected chi connectivity index (χ2v) is 9.03. The second kappa shape index (κ2) is 7.01. The number of nitrogens with zero attached hydrogens (tertiary/aromatic N) is 1. The van der Waals surface area contributed by atoms with Crippen LogP contribution >= 0.6 is 11.3 Å². The zero-order valence-electron chi connectivity index (χ0n) is 15.8. The summed E-state index contributed by atoms with van der Waals surface area (Å²) in [7, 11) is 0. The Labute approximate surface area is 168 Å². The fraction of sp³-hybridized carbons (Fsp3) is 0.455. The average molecular weight is 397 g/mol. The van der Waals surface area contributed by atoms with Gasteiger partial charge in [-0.3, -0.25) is 9.59 Å². The van der Waals surface area contributed by atoms with E-state index in [-0.39, 0.29) is 23.5 Å². The van der Waals surface area contributed by atoms with E-state index in [1.807, 2.05) is 22.3 Å². The summed E-state index contributed by atoms with van der Waals surface area (Å²) in [5.41, 5.74) is 2.30. The molecule has 4 heterocycles. The molecular weight excluding hydrogens is 372 g/mol. The maximum Gasteiger partial charge on any atom is 0.245 e. The molecule has 2 fully saturated rings. The zero-order chi connectivity index (χ0) is 19.1. The number of likely N-dealkylation sites (tertiary alicyclic amines) is 1. The van der Waals surface area contributed by atoms with Crippen LogP contribution in [-0.4, -0.2) is 42.5 Å². The van der Waals surface area contributed by atoms with E-state index in [1.165, 1.54) is 20.9 Å². The predicted octanol–water partition coefficient (Wildman–Crippen LogP) is 3.08. The minimum Gasteiger partial charge on any atom is -0.370 e. The average Bonchev–Trinajstić information content (AvgIpc) is 3.36. The molecule has 2 amide bonds. The number of amides is 2. The van der Waals surface area contributed by atoms with E-state index < -0.39 is 0 Å². The van der Waals surface area contributed by atoms with E-state index in [0.29, 0.717) is 25.9 Å². The summed E-state index contributed by atoms with van der Waals surface area (Å²) in [6.45, 7) is 2.11. The molecule has 1 atom stereocenters. The first kappa shape index (κ1) is 17.9. The Kier molecular flexibility index (Phi) is 4.48. The molecule has 2 aromatic rings. The van der Waals surface area contributed by atoms with Gasteiger partial charge in [-0.05, 0) is 36.5 Å². The lowest BCUT2D eigenvalue weighted by Crippen LogP contribution is -2.52. The first-order chi connectivity index (χ1) is 13.6. The number of ether oxygens (including phenoxy) is 1. The standard InChI is InChI=1S/C22H24N2O3S/c25-20-7-6-17(23-20)21(26)24-11-9-22(10-12-24)16-14-19(15-4-2-1-3-5-15)28-18(16)8-13-27-22/h1-5,14,17H,6-13H2,(H,23,25)/t17-/m1/s1. The van der Waals surface area contributed by atoms with Crippen molar-refractivity contribution in [1.82, 2.24) is 10.2 Å². The lowest BCUT2D eigenvalue weighted by Gasteiger charge is -2.44. The van der Waals surface area contributed by atoms with Crippen LogP contribution in [0.25, 0.3) is 10.4 Å². The van der Waals surface area contributed by atoms with Crippen molar-refractivity contribution in [2.75, 3.05) is 19.7 Å². The molecule has 5 nitrogen and oxygen atoms in total. The molecule has 1 aromatic carbocycles. The number of thiophene rings is 1. The Morgan fingerprint density at radius 2 is 1.96 bits per heavy atom. The molecule has 3 aliphatic heterocycles. The molecule has 0 saturated carbocycles. The number of benzene rings is 1. The number of rotatable bonds is 2. The topological polar surface area (TPSA) is 58.6 Å². The quantitative estimate of drug-likeness (QED) is 0.849. The van der Waals surface area contributed by atoms with Gasteiger partial charge in [-0.1, -0.05) is 30.3 Å². The number of hydrogen-bond donors (Lipinski definition) is 1. The molecule has 5 rings (SSSR count). The molecule has 0 radical (unpaired) electrons. The van der Waals surface area contributed by atoms with Crippen LogP contribution in [0.4, 0.5) is 0 Å². The van der Waals surface area contributed by atoms with Gasteiger partial charge in [-0.15, -0.1) is 11.3 Å². The Hall–Kier alpha value is -2.18. The van der Waals surface area contributed by atoms with Crippen LogP contribution in [0.2, 0.25) is 0 Å². The summed E-state index contributed by atoms with van der Waals surface area (Å²) in [6, 6.07) is 12.5. The van der Waals surface area contributed by atoms with Crippen molar-refractivity contribution in [3.8, 4) is 10.4 Å². The molecule has 3 aliphatic rings. The van der Waals surface area contributed by atoms with Crippen LogP contribution in [0.15, 0.2) is 36.4 Å². The number of fused-ring (bicyclic) bond motifs is 2. The Morgan fingerprint density at radius 3 is 2.68 bits per heavy atom. The summed E-state index contributed by atoms with van der Waals surface area (Å²) in [4.78, 5) is 28.8. The second-order valence-electron chi connectivity index (χ2n) is 7.89. The molecule has 0 unspecified atom stereocenters. The third kappa shape index (κ3) is 3.05. The van der Waals surface area contributed by atoms with Gasteiger partial charge in [0, 0.05) is 35.7 Å². The SMILES string of the molecule is O=C1CC[C@H](C(=O)N2CCC3(CC2)OCCc2sc(-c4ccccc4)cc23)N1. The van der Waals surface area contributed by atoms with Crippen LogP contribution in [0.1, 0.15) is 36.1 Å². The molecular formula is C22H24N2O3S. The smallest absolute Gasteiger partial charge is 0.245 e. The van der Waals surface area contributed by atoms with Crippen molar-refractivity contribution in [1.29, 1.82) is 0 Å². The van der Waals surface area contributed by atoms with Gasteiger partial charge in [0.25, 0.3) is 0 Å². The highest BCUT2D eigenvalue weighted by molar-refractivity contribution is 7.15. The minimum absolute atomic E-state index is 0.0150. The van der Waals surface area contributed by atoms with E-state index in [1.54, 1.807) is 0 Å². The van der Waals surface area contributed by atoms with E-state index in [4.69, 9.17) is 4.74 Å². The first-order valence-electron chi connectivity index (χ1n) is 10.1. The minimum atomic E-state index is -0.338. The van der Waals surface area contributed by atoms with E-state index in [9.17, 15) is 9.59 Å². The van der Waals surface area contributed by atoms with E-state index in [2.05, 4.69) is 35.6 Å². The fourth-order valence-electron chi connectivity index (χ4n) is 4.68. The van der Waals surface area contributed by atoms with Crippen molar-refractivity contribution in [3.63, 3.8) is 0 Å². The molecule has 28 heavy (non-hydrogen) atoms. The van der Waals surface area contributed by atoms with Gasteiger partial charge < -0.3 is 15.0 Å². The summed E-state index contributed by atoms with van der Waals surface area (Å²) in [6.07, 6.45) is 3.67. The van der Waals surface area contributed by atoms with Gasteiger partial charge in [0.05, 0.1) is 12.2 Å². The van der Waals surface area contributed by atoms with Crippen LogP contribution < -0.4 is 5.32 Å². The maximum absolute atomic E-state index is 12.7. The van der Waals surface area contributed by atoms with Crippen molar-refractivity contribution in [2.24, 2.45) is 0 Å². The van der Waals surface area contributed by atoms with Crippen molar-refractivity contribution >= 4 is 23.2 Å². The highest BCUT2D eigenvalue weighted by atomic mass is 32.1. The fourth-order valence-corrected chi connectivity index (χ4v) is 5.92. The third-order valence-electron chi connectivity index (χ3n) is 6.24. The van der Waals surface area contributed by atoms with Gasteiger partial charge >= 0.3 is 0 Å². The first-order valence-corrected chi connectivity index (χ1v) is 10.9. The van der Waals surface area contributed by atoms with Crippen molar-refractivity contribution in [2.45, 2.75) is 43.7 Å². The van der Waals surface area contributed by atoms with E-state index in [0.717, 1.165) is 25.9 Å². The van der Waals surface area contributed by atoms with Gasteiger partial charge in [0.2, 0.25) is 11.8 Å². The molecule has 1 N–H and O–H groups in total. The molecule has 6 heteroatoms. The maximum atomic E-state index is 12.7. The molecule has 0 aliphatic carbocycles. The van der Waals surface area contributed by atoms with Gasteiger partial charge in [0.1, 0.15) is 6.04 Å². The summed E-state index contributed by atoms with van der Waals surface area (Å²) < 4.78 is 6.35. The molecule has 0 bridgehead atoms. The number of carbonyl (C=O) groups excluding carboxylic acids is 2. The Morgan fingerprint density at radius 1 is 1.18 bits per heavy atom. The van der Waals surface area contributed by atoms with Gasteiger partial charge in [0.15, 0.2) is 0 Å². The molecule has 146 valence electrons. The van der Waals surface area contributed by atoms with Crippen LogP contribution in [0.5, 0.6) is 0 Å². The summed E-state index contributed by atoms with van der Waals surface area (Å²) >= 11 is 1.88. The Balaban J connectivity index is 1.35. The zero-order valence-corrected chi connectivity index (χ0v) is 16.6. The highest BCUT2D eigenvalue weighted by Gasteiger charge is 2.44. The van der Waals surface area contributed by atoms with Crippen LogP contribution in [-0.2, 0) is 26.3 Å². The monoisotopic (exact) mass is 396 g/mol. The number of piperidine rings is 1. The van der Waals surface area contributed by atoms with Gasteiger partial charge in [-0.25, -0.2) is 0 Å². The van der Waals surface area contributed by atoms with Gasteiger partial charge in [-0.2, -0.15) is 0 Å². The van der Waals surface area contributed by atoms with Crippen LogP contribution in [0.3, 0.4) is 0 Å². The van der Waals surface area contributed by atoms with Crippen molar-refractivity contribution < 1.29 is 14.3 Å². The number of hydrogen-bond acceptors (Lipinski definition) is 4. The summed E-state index contributed by atoms with van der Waals surface area (Å²) in [5.74, 6) is 0.0471. The number of carbonyl (C=O) groups is 2.